The Hall–Kier alpha value is -2.28. The molecule has 0 bridgehead atoms. The van der Waals surface area contributed by atoms with Gasteiger partial charge in [-0.05, 0) is 37.1 Å². The van der Waals surface area contributed by atoms with Gasteiger partial charge in [0.15, 0.2) is 5.78 Å². The quantitative estimate of drug-likeness (QED) is 0.736. The maximum Gasteiger partial charge on any atom is 0.225 e. The van der Waals surface area contributed by atoms with E-state index in [2.05, 4.69) is 0 Å². The van der Waals surface area contributed by atoms with Crippen molar-refractivity contribution >= 4 is 17.6 Å². The molecule has 2 aliphatic rings. The topological polar surface area (TPSA) is 66.9 Å². The molecule has 0 radical (unpaired) electrons. The Morgan fingerprint density at radius 2 is 1.56 bits per heavy atom. The first-order chi connectivity index (χ1) is 13.0. The Bertz CT molecular complexity index is 678. The smallest absolute Gasteiger partial charge is 0.225 e. The third-order valence-electron chi connectivity index (χ3n) is 5.25. The van der Waals surface area contributed by atoms with E-state index < -0.39 is 5.82 Å². The fourth-order valence-corrected chi connectivity index (χ4v) is 3.58. The number of halogens is 1. The highest BCUT2D eigenvalue weighted by molar-refractivity contribution is 5.97. The molecule has 3 rings (SSSR count). The number of amides is 2. The Kier molecular flexibility index (Phi) is 6.55. The number of benzene rings is 1. The van der Waals surface area contributed by atoms with Crippen molar-refractivity contribution in [3.8, 4) is 0 Å². The van der Waals surface area contributed by atoms with Gasteiger partial charge in [0.25, 0.3) is 0 Å². The molecule has 27 heavy (non-hydrogen) atoms. The Balaban J connectivity index is 1.42. The normalized spacial score (nSPS) is 18.4. The molecule has 0 spiro atoms. The molecular formula is C20H25FN2O4. The number of piperidine rings is 1. The van der Waals surface area contributed by atoms with E-state index in [9.17, 15) is 18.8 Å². The second kappa shape index (κ2) is 9.08. The number of likely N-dealkylation sites (tertiary alicyclic amines) is 1. The predicted octanol–water partition coefficient (Wildman–Crippen LogP) is 1.89. The third kappa shape index (κ3) is 5.13. The lowest BCUT2D eigenvalue weighted by molar-refractivity contribution is -0.143. The highest BCUT2D eigenvalue weighted by atomic mass is 19.1. The molecule has 1 aromatic rings. The van der Waals surface area contributed by atoms with E-state index in [1.54, 1.807) is 4.90 Å². The number of rotatable bonds is 5. The van der Waals surface area contributed by atoms with Crippen LogP contribution in [0.3, 0.4) is 0 Å². The number of hydrogen-bond acceptors (Lipinski definition) is 4. The lowest BCUT2D eigenvalue weighted by atomic mass is 9.94. The van der Waals surface area contributed by atoms with Crippen molar-refractivity contribution in [2.24, 2.45) is 5.92 Å². The third-order valence-corrected chi connectivity index (χ3v) is 5.25. The van der Waals surface area contributed by atoms with E-state index in [1.807, 2.05) is 4.90 Å². The van der Waals surface area contributed by atoms with Gasteiger partial charge < -0.3 is 14.5 Å². The van der Waals surface area contributed by atoms with Crippen molar-refractivity contribution < 1.29 is 23.5 Å². The summed E-state index contributed by atoms with van der Waals surface area (Å²) in [6, 6.07) is 5.35. The summed E-state index contributed by atoms with van der Waals surface area (Å²) in [5.41, 5.74) is 0.416. The molecule has 1 aromatic carbocycles. The molecular weight excluding hydrogens is 351 g/mol. The summed E-state index contributed by atoms with van der Waals surface area (Å²) in [5, 5.41) is 0. The van der Waals surface area contributed by atoms with Gasteiger partial charge in [-0.3, -0.25) is 14.4 Å². The molecule has 0 atom stereocenters. The molecule has 2 saturated heterocycles. The molecule has 146 valence electrons. The molecule has 2 aliphatic heterocycles. The van der Waals surface area contributed by atoms with Crippen molar-refractivity contribution in [2.75, 3.05) is 39.4 Å². The molecule has 0 aromatic heterocycles. The molecule has 2 amide bonds. The molecule has 2 fully saturated rings. The van der Waals surface area contributed by atoms with Gasteiger partial charge in [-0.2, -0.15) is 0 Å². The van der Waals surface area contributed by atoms with E-state index in [-0.39, 0.29) is 36.4 Å². The monoisotopic (exact) mass is 376 g/mol. The fraction of sp³-hybridized carbons (Fsp3) is 0.550. The zero-order valence-electron chi connectivity index (χ0n) is 15.4. The van der Waals surface area contributed by atoms with E-state index in [0.717, 1.165) is 0 Å². The first-order valence-corrected chi connectivity index (χ1v) is 9.47. The maximum absolute atomic E-state index is 12.9. The largest absolute Gasteiger partial charge is 0.378 e. The van der Waals surface area contributed by atoms with Crippen LogP contribution in [0.1, 0.15) is 36.0 Å². The molecule has 0 saturated carbocycles. The lowest BCUT2D eigenvalue weighted by Crippen LogP contribution is -2.47. The summed E-state index contributed by atoms with van der Waals surface area (Å²) >= 11 is 0. The summed E-state index contributed by atoms with van der Waals surface area (Å²) < 4.78 is 18.2. The van der Waals surface area contributed by atoms with Crippen molar-refractivity contribution in [2.45, 2.75) is 25.7 Å². The highest BCUT2D eigenvalue weighted by Gasteiger charge is 2.30. The summed E-state index contributed by atoms with van der Waals surface area (Å²) in [6.07, 6.45) is 1.57. The van der Waals surface area contributed by atoms with Crippen molar-refractivity contribution in [3.63, 3.8) is 0 Å². The van der Waals surface area contributed by atoms with Crippen LogP contribution in [0, 0.1) is 11.7 Å². The van der Waals surface area contributed by atoms with Crippen LogP contribution in [0.4, 0.5) is 4.39 Å². The molecule has 0 unspecified atom stereocenters. The van der Waals surface area contributed by atoms with Gasteiger partial charge in [0, 0.05) is 50.5 Å². The molecule has 0 aliphatic carbocycles. The SMILES string of the molecule is O=C(CCC(=O)N1CCC(C(=O)N2CCOCC2)CC1)c1ccc(F)cc1. The Morgan fingerprint density at radius 3 is 2.19 bits per heavy atom. The number of Topliss-reactive ketones (excluding diaryl/α,β-unsaturated/α-hetero) is 1. The van der Waals surface area contributed by atoms with Crippen LogP contribution in [0.15, 0.2) is 24.3 Å². The predicted molar refractivity (Wildman–Crippen MR) is 96.7 cm³/mol. The maximum atomic E-state index is 12.9. The van der Waals surface area contributed by atoms with Crippen LogP contribution in [0.25, 0.3) is 0 Å². The highest BCUT2D eigenvalue weighted by Crippen LogP contribution is 2.21. The number of morpholine rings is 1. The van der Waals surface area contributed by atoms with E-state index >= 15 is 0 Å². The van der Waals surface area contributed by atoms with Crippen LogP contribution >= 0.6 is 0 Å². The van der Waals surface area contributed by atoms with E-state index in [4.69, 9.17) is 4.74 Å². The number of nitrogens with zero attached hydrogens (tertiary/aromatic N) is 2. The first-order valence-electron chi connectivity index (χ1n) is 9.47. The summed E-state index contributed by atoms with van der Waals surface area (Å²) in [6.45, 7) is 3.55. The van der Waals surface area contributed by atoms with Gasteiger partial charge in [-0.1, -0.05) is 0 Å². The number of carbonyl (C=O) groups excluding carboxylic acids is 3. The van der Waals surface area contributed by atoms with Gasteiger partial charge in [-0.15, -0.1) is 0 Å². The lowest BCUT2D eigenvalue weighted by Gasteiger charge is -2.35. The second-order valence-electron chi connectivity index (χ2n) is 7.02. The molecule has 7 heteroatoms. The first kappa shape index (κ1) is 19.5. The number of ether oxygens (including phenoxy) is 1. The zero-order chi connectivity index (χ0) is 19.2. The Labute approximate surface area is 158 Å². The van der Waals surface area contributed by atoms with Crippen LogP contribution < -0.4 is 0 Å². The Morgan fingerprint density at radius 1 is 0.926 bits per heavy atom. The van der Waals surface area contributed by atoms with Crippen LogP contribution in [0.2, 0.25) is 0 Å². The summed E-state index contributed by atoms with van der Waals surface area (Å²) in [5.74, 6) is -0.495. The van der Waals surface area contributed by atoms with Gasteiger partial charge in [0.05, 0.1) is 13.2 Å². The average Bonchev–Trinajstić information content (AvgIpc) is 2.72. The molecule has 6 nitrogen and oxygen atoms in total. The van der Waals surface area contributed by atoms with Crippen molar-refractivity contribution in [1.29, 1.82) is 0 Å². The minimum Gasteiger partial charge on any atom is -0.378 e. The molecule has 0 N–H and O–H groups in total. The van der Waals surface area contributed by atoms with Gasteiger partial charge >= 0.3 is 0 Å². The van der Waals surface area contributed by atoms with Crippen LogP contribution in [-0.4, -0.2) is 66.8 Å². The van der Waals surface area contributed by atoms with Gasteiger partial charge in [-0.25, -0.2) is 4.39 Å². The van der Waals surface area contributed by atoms with E-state index in [0.29, 0.717) is 57.8 Å². The summed E-state index contributed by atoms with van der Waals surface area (Å²) in [7, 11) is 0. The van der Waals surface area contributed by atoms with Crippen LogP contribution in [-0.2, 0) is 14.3 Å². The average molecular weight is 376 g/mol. The van der Waals surface area contributed by atoms with Gasteiger partial charge in [0.1, 0.15) is 5.82 Å². The fourth-order valence-electron chi connectivity index (χ4n) is 3.58. The minimum atomic E-state index is -0.392. The number of hydrogen-bond donors (Lipinski definition) is 0. The standard InChI is InChI=1S/C20H25FN2O4/c21-17-3-1-15(2-4-17)18(24)5-6-19(25)22-9-7-16(8-10-22)20(26)23-11-13-27-14-12-23/h1-4,16H,5-14H2. The zero-order valence-corrected chi connectivity index (χ0v) is 15.4. The number of ketones is 1. The minimum absolute atomic E-state index is 0.0343. The number of carbonyl (C=O) groups is 3. The second-order valence-corrected chi connectivity index (χ2v) is 7.02. The van der Waals surface area contributed by atoms with Crippen molar-refractivity contribution in [3.05, 3.63) is 35.6 Å². The van der Waals surface area contributed by atoms with Crippen LogP contribution in [0.5, 0.6) is 0 Å². The molecule has 2 heterocycles. The van der Waals surface area contributed by atoms with Crippen molar-refractivity contribution in [1.82, 2.24) is 9.80 Å². The summed E-state index contributed by atoms with van der Waals surface area (Å²) in [4.78, 5) is 40.6. The van der Waals surface area contributed by atoms with E-state index in [1.165, 1.54) is 24.3 Å². The van der Waals surface area contributed by atoms with Gasteiger partial charge in [0.2, 0.25) is 11.8 Å².